The van der Waals surface area contributed by atoms with Crippen molar-refractivity contribution in [2.24, 2.45) is 11.7 Å². The van der Waals surface area contributed by atoms with Gasteiger partial charge < -0.3 is 10.5 Å². The Morgan fingerprint density at radius 1 is 1.40 bits per heavy atom. The monoisotopic (exact) mass is 215 g/mol. The lowest BCUT2D eigenvalue weighted by Gasteiger charge is -2.30. The zero-order valence-electron chi connectivity index (χ0n) is 10.4. The molecule has 0 heterocycles. The van der Waals surface area contributed by atoms with Crippen LogP contribution in [-0.4, -0.2) is 43.6 Å². The molecule has 0 aromatic carbocycles. The molecule has 0 saturated heterocycles. The van der Waals surface area contributed by atoms with E-state index in [1.54, 1.807) is 7.11 Å². The highest BCUT2D eigenvalue weighted by atomic mass is 16.5. The minimum Gasteiger partial charge on any atom is -0.388 e. The van der Waals surface area contributed by atoms with Gasteiger partial charge in [0.15, 0.2) is 0 Å². The van der Waals surface area contributed by atoms with Crippen molar-refractivity contribution in [1.29, 1.82) is 5.41 Å². The highest BCUT2D eigenvalue weighted by molar-refractivity contribution is 5.77. The molecule has 0 aromatic rings. The van der Waals surface area contributed by atoms with Crippen LogP contribution in [0.1, 0.15) is 27.2 Å². The second kappa shape index (κ2) is 7.65. The SMILES string of the molecule is COCCN(CC(C)C)C(C)CC(=N)N. The smallest absolute Gasteiger partial charge is 0.0920 e. The lowest BCUT2D eigenvalue weighted by atomic mass is 10.1. The number of hydrogen-bond acceptors (Lipinski definition) is 3. The van der Waals surface area contributed by atoms with Gasteiger partial charge in [-0.05, 0) is 12.8 Å². The van der Waals surface area contributed by atoms with Crippen LogP contribution in [0.3, 0.4) is 0 Å². The maximum absolute atomic E-state index is 7.30. The summed E-state index contributed by atoms with van der Waals surface area (Å²) in [5.41, 5.74) is 5.42. The highest BCUT2D eigenvalue weighted by Gasteiger charge is 2.15. The van der Waals surface area contributed by atoms with Crippen molar-refractivity contribution < 1.29 is 4.74 Å². The predicted octanol–water partition coefficient (Wildman–Crippen LogP) is 1.31. The fourth-order valence-electron chi connectivity index (χ4n) is 1.62. The fraction of sp³-hybridized carbons (Fsp3) is 0.909. The first-order valence-electron chi connectivity index (χ1n) is 5.53. The largest absolute Gasteiger partial charge is 0.388 e. The van der Waals surface area contributed by atoms with Gasteiger partial charge in [-0.3, -0.25) is 10.3 Å². The Kier molecular flexibility index (Phi) is 7.34. The minimum absolute atomic E-state index is 0.258. The third kappa shape index (κ3) is 7.33. The number of hydrogen-bond donors (Lipinski definition) is 2. The Balaban J connectivity index is 4.13. The predicted molar refractivity (Wildman–Crippen MR) is 64.3 cm³/mol. The number of nitrogens with zero attached hydrogens (tertiary/aromatic N) is 1. The van der Waals surface area contributed by atoms with Crippen LogP contribution < -0.4 is 5.73 Å². The molecule has 1 atom stereocenters. The summed E-state index contributed by atoms with van der Waals surface area (Å²) < 4.78 is 5.08. The van der Waals surface area contributed by atoms with Gasteiger partial charge in [-0.1, -0.05) is 13.8 Å². The Labute approximate surface area is 93.3 Å². The van der Waals surface area contributed by atoms with Gasteiger partial charge in [0.05, 0.1) is 12.4 Å². The van der Waals surface area contributed by atoms with Crippen molar-refractivity contribution in [3.63, 3.8) is 0 Å². The molecule has 0 aromatic heterocycles. The number of nitrogens with two attached hydrogens (primary N) is 1. The molecule has 0 aliphatic carbocycles. The second-order valence-electron chi connectivity index (χ2n) is 4.46. The lowest BCUT2D eigenvalue weighted by molar-refractivity contribution is 0.117. The third-order valence-corrected chi connectivity index (χ3v) is 2.32. The van der Waals surface area contributed by atoms with E-state index in [1.165, 1.54) is 0 Å². The van der Waals surface area contributed by atoms with Crippen molar-refractivity contribution in [1.82, 2.24) is 4.90 Å². The molecule has 0 aliphatic rings. The third-order valence-electron chi connectivity index (χ3n) is 2.32. The molecule has 0 bridgehead atoms. The summed E-state index contributed by atoms with van der Waals surface area (Å²) in [6.45, 7) is 9.16. The van der Waals surface area contributed by atoms with Gasteiger partial charge in [0.1, 0.15) is 0 Å². The summed E-state index contributed by atoms with van der Waals surface area (Å²) in [5, 5.41) is 7.30. The Morgan fingerprint density at radius 2 is 2.00 bits per heavy atom. The van der Waals surface area contributed by atoms with Crippen molar-refractivity contribution in [3.05, 3.63) is 0 Å². The average molecular weight is 215 g/mol. The zero-order chi connectivity index (χ0) is 11.8. The maximum Gasteiger partial charge on any atom is 0.0920 e. The van der Waals surface area contributed by atoms with Crippen molar-refractivity contribution in [2.75, 3.05) is 26.8 Å². The minimum atomic E-state index is 0.258. The van der Waals surface area contributed by atoms with Gasteiger partial charge in [-0.25, -0.2) is 0 Å². The molecule has 90 valence electrons. The number of ether oxygens (including phenoxy) is 1. The van der Waals surface area contributed by atoms with E-state index < -0.39 is 0 Å². The van der Waals surface area contributed by atoms with Crippen LogP contribution >= 0.6 is 0 Å². The molecule has 15 heavy (non-hydrogen) atoms. The van der Waals surface area contributed by atoms with Crippen LogP contribution in [0.15, 0.2) is 0 Å². The quantitative estimate of drug-likeness (QED) is 0.474. The average Bonchev–Trinajstić information content (AvgIpc) is 2.10. The Bertz CT molecular complexity index is 183. The van der Waals surface area contributed by atoms with Crippen LogP contribution in [0.2, 0.25) is 0 Å². The Hall–Kier alpha value is -0.610. The van der Waals surface area contributed by atoms with Crippen LogP contribution in [0.5, 0.6) is 0 Å². The molecule has 4 nitrogen and oxygen atoms in total. The molecule has 0 fully saturated rings. The van der Waals surface area contributed by atoms with E-state index >= 15 is 0 Å². The van der Waals surface area contributed by atoms with Crippen LogP contribution in [0.25, 0.3) is 0 Å². The van der Waals surface area contributed by atoms with E-state index in [1.807, 2.05) is 0 Å². The first-order chi connectivity index (χ1) is 6.97. The number of methoxy groups -OCH3 is 1. The molecule has 0 spiro atoms. The summed E-state index contributed by atoms with van der Waals surface area (Å²) in [4.78, 5) is 2.33. The summed E-state index contributed by atoms with van der Waals surface area (Å²) in [5.74, 6) is 0.880. The topological polar surface area (TPSA) is 62.3 Å². The number of amidine groups is 1. The summed E-state index contributed by atoms with van der Waals surface area (Å²) in [6.07, 6.45) is 0.635. The maximum atomic E-state index is 7.30. The molecule has 0 saturated carbocycles. The molecule has 0 amide bonds. The number of nitrogens with one attached hydrogen (secondary N) is 1. The lowest BCUT2D eigenvalue weighted by Crippen LogP contribution is -2.40. The molecule has 0 rings (SSSR count). The summed E-state index contributed by atoms with van der Waals surface area (Å²) >= 11 is 0. The van der Waals surface area contributed by atoms with Crippen LogP contribution in [0.4, 0.5) is 0 Å². The van der Waals surface area contributed by atoms with E-state index in [2.05, 4.69) is 25.7 Å². The van der Waals surface area contributed by atoms with Crippen LogP contribution in [0, 0.1) is 11.3 Å². The second-order valence-corrected chi connectivity index (χ2v) is 4.46. The standard InChI is InChI=1S/C11H25N3O/c1-9(2)8-14(5-6-15-4)10(3)7-11(12)13/h9-10H,5-8H2,1-4H3,(H3,12,13). The van der Waals surface area contributed by atoms with E-state index in [0.29, 0.717) is 18.4 Å². The first-order valence-corrected chi connectivity index (χ1v) is 5.53. The van der Waals surface area contributed by atoms with E-state index in [9.17, 15) is 0 Å². The van der Waals surface area contributed by atoms with Gasteiger partial charge in [0, 0.05) is 32.7 Å². The first kappa shape index (κ1) is 14.4. The molecule has 1 unspecified atom stereocenters. The van der Waals surface area contributed by atoms with E-state index in [0.717, 1.165) is 19.7 Å². The molecule has 0 radical (unpaired) electrons. The van der Waals surface area contributed by atoms with Gasteiger partial charge in [-0.15, -0.1) is 0 Å². The van der Waals surface area contributed by atoms with E-state index in [4.69, 9.17) is 15.9 Å². The van der Waals surface area contributed by atoms with Gasteiger partial charge in [0.2, 0.25) is 0 Å². The van der Waals surface area contributed by atoms with Crippen LogP contribution in [-0.2, 0) is 4.74 Å². The molecular weight excluding hydrogens is 190 g/mol. The van der Waals surface area contributed by atoms with Crippen molar-refractivity contribution >= 4 is 5.84 Å². The van der Waals surface area contributed by atoms with Crippen molar-refractivity contribution in [2.45, 2.75) is 33.2 Å². The summed E-state index contributed by atoms with van der Waals surface area (Å²) in [7, 11) is 1.71. The fourth-order valence-corrected chi connectivity index (χ4v) is 1.62. The molecule has 4 heteroatoms. The van der Waals surface area contributed by atoms with Gasteiger partial charge >= 0.3 is 0 Å². The number of rotatable bonds is 8. The van der Waals surface area contributed by atoms with Gasteiger partial charge in [-0.2, -0.15) is 0 Å². The van der Waals surface area contributed by atoms with E-state index in [-0.39, 0.29) is 5.84 Å². The molecule has 3 N–H and O–H groups in total. The molecule has 0 aliphatic heterocycles. The zero-order valence-corrected chi connectivity index (χ0v) is 10.4. The molecular formula is C11H25N3O. The normalized spacial score (nSPS) is 13.5. The Morgan fingerprint density at radius 3 is 2.40 bits per heavy atom. The summed E-state index contributed by atoms with van der Waals surface area (Å²) in [6, 6.07) is 0.319. The highest BCUT2D eigenvalue weighted by Crippen LogP contribution is 2.07. The van der Waals surface area contributed by atoms with Crippen molar-refractivity contribution in [3.8, 4) is 0 Å². The van der Waals surface area contributed by atoms with Gasteiger partial charge in [0.25, 0.3) is 0 Å².